The summed E-state index contributed by atoms with van der Waals surface area (Å²) in [5.41, 5.74) is 0.368. The van der Waals surface area contributed by atoms with Crippen molar-refractivity contribution in [2.45, 2.75) is 19.8 Å². The average Bonchev–Trinajstić information content (AvgIpc) is 2.37. The number of carbonyl (C=O) groups excluding carboxylic acids is 1. The van der Waals surface area contributed by atoms with E-state index in [1.54, 1.807) is 0 Å². The molecule has 7 heteroatoms. The van der Waals surface area contributed by atoms with Gasteiger partial charge in [-0.1, -0.05) is 18.5 Å². The molecular formula is C11H14N4O3. The lowest BCUT2D eigenvalue weighted by atomic mass is 10.3. The van der Waals surface area contributed by atoms with Gasteiger partial charge in [-0.25, -0.2) is 4.79 Å². The van der Waals surface area contributed by atoms with E-state index in [0.717, 1.165) is 12.8 Å². The minimum atomic E-state index is -0.512. The number of nitrogens with zero attached hydrogens (tertiary/aromatic N) is 3. The van der Waals surface area contributed by atoms with Crippen LogP contribution in [0.1, 0.15) is 19.8 Å². The zero-order chi connectivity index (χ0) is 13.4. The molecule has 0 bridgehead atoms. The fraction of sp³-hybridized carbons (Fsp3) is 0.364. The van der Waals surface area contributed by atoms with Crippen LogP contribution in [-0.4, -0.2) is 17.5 Å². The highest BCUT2D eigenvalue weighted by molar-refractivity contribution is 5.74. The number of rotatable bonds is 5. The smallest absolute Gasteiger partial charge is 0.335 e. The summed E-state index contributed by atoms with van der Waals surface area (Å²) in [5, 5.41) is 20.1. The number of nitrogens with one attached hydrogen (secondary N) is 1. The van der Waals surface area contributed by atoms with E-state index in [0.29, 0.717) is 12.2 Å². The number of nitro groups is 1. The lowest BCUT2D eigenvalue weighted by Gasteiger charge is -1.97. The number of urea groups is 1. The minimum Gasteiger partial charge on any atom is -0.335 e. The molecule has 0 radical (unpaired) electrons. The lowest BCUT2D eigenvalue weighted by Crippen LogP contribution is -2.20. The van der Waals surface area contributed by atoms with Crippen LogP contribution in [-0.2, 0) is 0 Å². The first kappa shape index (κ1) is 13.8. The summed E-state index contributed by atoms with van der Waals surface area (Å²) >= 11 is 0. The van der Waals surface area contributed by atoms with Gasteiger partial charge in [0.1, 0.15) is 0 Å². The van der Waals surface area contributed by atoms with Crippen LogP contribution in [0.2, 0.25) is 0 Å². The summed E-state index contributed by atoms with van der Waals surface area (Å²) in [7, 11) is 0. The molecule has 1 aromatic rings. The molecule has 0 aliphatic rings. The zero-order valence-electron chi connectivity index (χ0n) is 10.00. The van der Waals surface area contributed by atoms with E-state index in [-0.39, 0.29) is 5.69 Å². The van der Waals surface area contributed by atoms with E-state index < -0.39 is 11.0 Å². The zero-order valence-corrected chi connectivity index (χ0v) is 10.00. The summed E-state index contributed by atoms with van der Waals surface area (Å²) in [6.07, 6.45) is 1.87. The molecular weight excluding hydrogens is 236 g/mol. The van der Waals surface area contributed by atoms with Crippen molar-refractivity contribution in [1.29, 1.82) is 0 Å². The highest BCUT2D eigenvalue weighted by Gasteiger charge is 2.03. The van der Waals surface area contributed by atoms with Crippen molar-refractivity contribution in [3.63, 3.8) is 0 Å². The second kappa shape index (κ2) is 7.10. The third kappa shape index (κ3) is 4.69. The molecule has 0 saturated carbocycles. The van der Waals surface area contributed by atoms with Gasteiger partial charge in [0, 0.05) is 18.7 Å². The Morgan fingerprint density at radius 1 is 1.39 bits per heavy atom. The fourth-order valence-electron chi connectivity index (χ4n) is 1.15. The maximum absolute atomic E-state index is 11.2. The van der Waals surface area contributed by atoms with Crippen LogP contribution in [0.4, 0.5) is 16.2 Å². The van der Waals surface area contributed by atoms with E-state index in [4.69, 9.17) is 0 Å². The monoisotopic (exact) mass is 250 g/mol. The van der Waals surface area contributed by atoms with Gasteiger partial charge in [0.2, 0.25) is 0 Å². The molecule has 0 spiro atoms. The Balaban J connectivity index is 2.51. The van der Waals surface area contributed by atoms with Gasteiger partial charge in [0.05, 0.1) is 10.6 Å². The van der Waals surface area contributed by atoms with Gasteiger partial charge in [0.15, 0.2) is 0 Å². The van der Waals surface area contributed by atoms with Crippen molar-refractivity contribution < 1.29 is 9.72 Å². The molecule has 0 aliphatic carbocycles. The van der Waals surface area contributed by atoms with E-state index in [1.807, 2.05) is 6.92 Å². The molecule has 2 amide bonds. The Morgan fingerprint density at radius 3 is 2.61 bits per heavy atom. The Hall–Kier alpha value is -2.31. The Kier molecular flexibility index (Phi) is 5.43. The van der Waals surface area contributed by atoms with Crippen molar-refractivity contribution in [3.8, 4) is 0 Å². The number of carbonyl (C=O) groups is 1. The van der Waals surface area contributed by atoms with Crippen molar-refractivity contribution in [2.24, 2.45) is 10.2 Å². The number of hydrogen-bond acceptors (Lipinski definition) is 4. The van der Waals surface area contributed by atoms with E-state index in [9.17, 15) is 14.9 Å². The SMILES string of the molecule is CCCCNC(=O)N=Nc1ccc([N+](=O)[O-])cc1. The molecule has 0 atom stereocenters. The molecule has 0 heterocycles. The largest absolute Gasteiger partial charge is 0.359 e. The molecule has 0 fully saturated rings. The van der Waals surface area contributed by atoms with Gasteiger partial charge in [-0.05, 0) is 18.6 Å². The maximum atomic E-state index is 11.2. The molecule has 96 valence electrons. The van der Waals surface area contributed by atoms with Gasteiger partial charge in [0.25, 0.3) is 5.69 Å². The number of non-ortho nitro benzene ring substituents is 1. The third-order valence-electron chi connectivity index (χ3n) is 2.12. The minimum absolute atomic E-state index is 0.0265. The second-order valence-electron chi connectivity index (χ2n) is 3.56. The summed E-state index contributed by atoms with van der Waals surface area (Å²) in [5.74, 6) is 0. The summed E-state index contributed by atoms with van der Waals surface area (Å²) < 4.78 is 0. The maximum Gasteiger partial charge on any atom is 0.359 e. The molecule has 1 aromatic carbocycles. The second-order valence-corrected chi connectivity index (χ2v) is 3.56. The van der Waals surface area contributed by atoms with E-state index in [2.05, 4.69) is 15.5 Å². The fourth-order valence-corrected chi connectivity index (χ4v) is 1.15. The topological polar surface area (TPSA) is 97.0 Å². The molecule has 0 aliphatic heterocycles. The van der Waals surface area contributed by atoms with Crippen molar-refractivity contribution in [1.82, 2.24) is 5.32 Å². The number of amides is 2. The highest BCUT2D eigenvalue weighted by atomic mass is 16.6. The quantitative estimate of drug-likeness (QED) is 0.376. The number of azo groups is 1. The van der Waals surface area contributed by atoms with Crippen LogP contribution < -0.4 is 5.32 Å². The summed E-state index contributed by atoms with van der Waals surface area (Å²) in [6, 6.07) is 4.97. The number of benzene rings is 1. The van der Waals surface area contributed by atoms with E-state index in [1.165, 1.54) is 24.3 Å². The van der Waals surface area contributed by atoms with E-state index >= 15 is 0 Å². The summed E-state index contributed by atoms with van der Waals surface area (Å²) in [4.78, 5) is 21.1. The first-order chi connectivity index (χ1) is 8.63. The predicted molar refractivity (Wildman–Crippen MR) is 65.9 cm³/mol. The number of unbranched alkanes of at least 4 members (excludes halogenated alkanes) is 1. The molecule has 1 rings (SSSR count). The van der Waals surface area contributed by atoms with Crippen LogP contribution in [0.15, 0.2) is 34.5 Å². The predicted octanol–water partition coefficient (Wildman–Crippen LogP) is 3.19. The van der Waals surface area contributed by atoms with Crippen LogP contribution in [0.3, 0.4) is 0 Å². The van der Waals surface area contributed by atoms with Gasteiger partial charge in [-0.3, -0.25) is 10.1 Å². The van der Waals surface area contributed by atoms with Crippen LogP contribution in [0, 0.1) is 10.1 Å². The van der Waals surface area contributed by atoms with Crippen molar-refractivity contribution >= 4 is 17.4 Å². The van der Waals surface area contributed by atoms with Crippen molar-refractivity contribution in [2.75, 3.05) is 6.54 Å². The van der Waals surface area contributed by atoms with Crippen molar-refractivity contribution in [3.05, 3.63) is 34.4 Å². The third-order valence-corrected chi connectivity index (χ3v) is 2.12. The van der Waals surface area contributed by atoms with Gasteiger partial charge in [-0.2, -0.15) is 0 Å². The molecule has 1 N–H and O–H groups in total. The normalized spacial score (nSPS) is 10.5. The standard InChI is InChI=1S/C11H14N4O3/c1-2-3-8-12-11(16)14-13-9-4-6-10(7-5-9)15(17)18/h4-7H,2-3,8H2,1H3,(H,12,16). The Labute approximate surface area is 104 Å². The molecule has 0 saturated heterocycles. The first-order valence-electron chi connectivity index (χ1n) is 5.57. The van der Waals surface area contributed by atoms with Gasteiger partial charge in [-0.15, -0.1) is 5.11 Å². The van der Waals surface area contributed by atoms with Crippen LogP contribution in [0.5, 0.6) is 0 Å². The number of nitro benzene ring substituents is 1. The van der Waals surface area contributed by atoms with Crippen LogP contribution >= 0.6 is 0 Å². The Bertz CT molecular complexity index is 442. The summed E-state index contributed by atoms with van der Waals surface area (Å²) in [6.45, 7) is 2.58. The lowest BCUT2D eigenvalue weighted by molar-refractivity contribution is -0.384. The van der Waals surface area contributed by atoms with Crippen LogP contribution in [0.25, 0.3) is 0 Å². The molecule has 18 heavy (non-hydrogen) atoms. The van der Waals surface area contributed by atoms with Gasteiger partial charge >= 0.3 is 6.03 Å². The Morgan fingerprint density at radius 2 is 2.06 bits per heavy atom. The first-order valence-corrected chi connectivity index (χ1v) is 5.57. The highest BCUT2D eigenvalue weighted by Crippen LogP contribution is 2.17. The number of hydrogen-bond donors (Lipinski definition) is 1. The average molecular weight is 250 g/mol. The molecule has 0 aromatic heterocycles. The molecule has 7 nitrogen and oxygen atoms in total. The molecule has 0 unspecified atom stereocenters. The van der Waals surface area contributed by atoms with Gasteiger partial charge < -0.3 is 5.32 Å².